The summed E-state index contributed by atoms with van der Waals surface area (Å²) in [6.45, 7) is 2.03. The number of hydrogen-bond donors (Lipinski definition) is 1. The number of ether oxygens (including phenoxy) is 1. The normalized spacial score (nSPS) is 19.0. The number of nitrogens with one attached hydrogen (secondary N) is 1. The van der Waals surface area contributed by atoms with Gasteiger partial charge >= 0.3 is 0 Å². The number of benzene rings is 3. The van der Waals surface area contributed by atoms with Crippen LogP contribution in [0.1, 0.15) is 35.6 Å². The maximum atomic E-state index is 13.1. The predicted molar refractivity (Wildman–Crippen MR) is 143 cm³/mol. The first-order valence-corrected chi connectivity index (χ1v) is 12.7. The summed E-state index contributed by atoms with van der Waals surface area (Å²) in [7, 11) is 1.63. The van der Waals surface area contributed by atoms with E-state index in [-0.39, 0.29) is 30.1 Å². The highest BCUT2D eigenvalue weighted by atomic mass is 32.2. The van der Waals surface area contributed by atoms with Gasteiger partial charge in [0, 0.05) is 18.5 Å². The van der Waals surface area contributed by atoms with E-state index in [0.29, 0.717) is 17.3 Å². The van der Waals surface area contributed by atoms with Crippen LogP contribution in [0.2, 0.25) is 0 Å². The van der Waals surface area contributed by atoms with Crippen LogP contribution < -0.4 is 10.1 Å². The van der Waals surface area contributed by atoms with Crippen LogP contribution in [0.15, 0.2) is 82.9 Å². The second kappa shape index (κ2) is 10.6. The molecule has 7 nitrogen and oxygen atoms in total. The van der Waals surface area contributed by atoms with Gasteiger partial charge in [-0.1, -0.05) is 41.6 Å². The highest BCUT2D eigenvalue weighted by Crippen LogP contribution is 2.38. The summed E-state index contributed by atoms with van der Waals surface area (Å²) >= 11 is 1.24. The van der Waals surface area contributed by atoms with E-state index in [9.17, 15) is 14.0 Å². The Morgan fingerprint density at radius 3 is 2.46 bits per heavy atom. The van der Waals surface area contributed by atoms with Gasteiger partial charge in [-0.25, -0.2) is 9.40 Å². The lowest BCUT2D eigenvalue weighted by Gasteiger charge is -2.23. The molecular weight excluding hydrogens is 491 g/mol. The minimum Gasteiger partial charge on any atom is -0.497 e. The Kier molecular flexibility index (Phi) is 7.05. The van der Waals surface area contributed by atoms with Crippen LogP contribution in [0.3, 0.4) is 0 Å². The molecule has 0 saturated heterocycles. The van der Waals surface area contributed by atoms with Crippen LogP contribution in [0.5, 0.6) is 5.75 Å². The fourth-order valence-electron chi connectivity index (χ4n) is 4.21. The molecule has 2 amide bonds. The second-order valence-corrected chi connectivity index (χ2v) is 10.0. The number of carbonyl (C=O) groups is 2. The van der Waals surface area contributed by atoms with Gasteiger partial charge in [-0.3, -0.25) is 9.59 Å². The molecule has 3 aromatic rings. The van der Waals surface area contributed by atoms with Crippen LogP contribution in [0.25, 0.3) is 0 Å². The van der Waals surface area contributed by atoms with E-state index in [1.165, 1.54) is 36.0 Å². The summed E-state index contributed by atoms with van der Waals surface area (Å²) < 4.78 is 18.4. The van der Waals surface area contributed by atoms with Gasteiger partial charge < -0.3 is 10.1 Å². The minimum atomic E-state index is -0.658. The van der Waals surface area contributed by atoms with E-state index in [2.05, 4.69) is 34.6 Å². The van der Waals surface area contributed by atoms with Gasteiger partial charge in [-0.2, -0.15) is 10.1 Å². The number of aryl methyl sites for hydroxylation is 1. The molecule has 0 fully saturated rings. The molecule has 0 bridgehead atoms. The van der Waals surface area contributed by atoms with E-state index in [4.69, 9.17) is 9.84 Å². The molecule has 5 rings (SSSR count). The number of amidine groups is 1. The summed E-state index contributed by atoms with van der Waals surface area (Å²) in [5, 5.41) is 9.18. The molecule has 9 heteroatoms. The Balaban J connectivity index is 1.35. The molecule has 0 aromatic heterocycles. The van der Waals surface area contributed by atoms with Crippen molar-refractivity contribution < 1.29 is 18.7 Å². The van der Waals surface area contributed by atoms with Gasteiger partial charge in [-0.05, 0) is 66.6 Å². The van der Waals surface area contributed by atoms with Crippen LogP contribution >= 0.6 is 11.8 Å². The van der Waals surface area contributed by atoms with Crippen molar-refractivity contribution in [3.8, 4) is 5.75 Å². The van der Waals surface area contributed by atoms with Crippen molar-refractivity contribution in [1.82, 2.24) is 5.01 Å². The molecule has 1 N–H and O–H groups in total. The van der Waals surface area contributed by atoms with Crippen LogP contribution in [-0.2, 0) is 9.59 Å². The third-order valence-corrected chi connectivity index (χ3v) is 7.36. The Hall–Kier alpha value is -3.98. The van der Waals surface area contributed by atoms with Gasteiger partial charge in [0.25, 0.3) is 5.91 Å². The van der Waals surface area contributed by atoms with Crippen molar-refractivity contribution in [1.29, 1.82) is 0 Å². The Bertz CT molecular complexity index is 1370. The van der Waals surface area contributed by atoms with Crippen molar-refractivity contribution in [2.45, 2.75) is 31.1 Å². The molecule has 3 aromatic carbocycles. The molecule has 0 aliphatic carbocycles. The number of carbonyl (C=O) groups excluding carboxylic acids is 2. The lowest BCUT2D eigenvalue weighted by molar-refractivity contribution is -0.121. The summed E-state index contributed by atoms with van der Waals surface area (Å²) in [4.78, 5) is 29.6. The summed E-state index contributed by atoms with van der Waals surface area (Å²) in [5.41, 5.74) is 4.52. The Morgan fingerprint density at radius 2 is 1.78 bits per heavy atom. The number of methoxy groups -OCH3 is 1. The number of nitrogens with zero attached hydrogens (tertiary/aromatic N) is 3. The summed E-state index contributed by atoms with van der Waals surface area (Å²) in [5.74, 6) is -0.337. The minimum absolute atomic E-state index is 0.0496. The third kappa shape index (κ3) is 5.56. The van der Waals surface area contributed by atoms with Gasteiger partial charge in [0.05, 0.1) is 18.9 Å². The lowest BCUT2D eigenvalue weighted by atomic mass is 9.98. The molecule has 188 valence electrons. The fraction of sp³-hybridized carbons (Fsp3) is 0.214. The van der Waals surface area contributed by atoms with E-state index in [1.807, 2.05) is 31.2 Å². The summed E-state index contributed by atoms with van der Waals surface area (Å²) in [6, 6.07) is 21.3. The van der Waals surface area contributed by atoms with Gasteiger partial charge in [0.15, 0.2) is 5.17 Å². The number of aliphatic imine (C=N–C) groups is 1. The average molecular weight is 517 g/mol. The van der Waals surface area contributed by atoms with E-state index < -0.39 is 5.25 Å². The fourth-order valence-corrected chi connectivity index (χ4v) is 5.27. The zero-order chi connectivity index (χ0) is 25.9. The Labute approximate surface area is 218 Å². The van der Waals surface area contributed by atoms with E-state index in [0.717, 1.165) is 28.2 Å². The molecule has 2 aliphatic heterocycles. The van der Waals surface area contributed by atoms with E-state index in [1.54, 1.807) is 12.1 Å². The SMILES string of the molecule is COc1ccc(C2=NN(C3=NC(=O)C(CC(=O)Nc4ccc(F)cc4)S3)C(c3ccc(C)cc3)C2)cc1. The molecule has 37 heavy (non-hydrogen) atoms. The third-order valence-electron chi connectivity index (χ3n) is 6.22. The highest BCUT2D eigenvalue weighted by molar-refractivity contribution is 8.15. The summed E-state index contributed by atoms with van der Waals surface area (Å²) in [6.07, 6.45) is 0.588. The molecular formula is C28H25FN4O3S. The van der Waals surface area contributed by atoms with Gasteiger partial charge in [-0.15, -0.1) is 0 Å². The van der Waals surface area contributed by atoms with Crippen molar-refractivity contribution >= 4 is 40.1 Å². The van der Waals surface area contributed by atoms with Gasteiger partial charge in [0.2, 0.25) is 5.91 Å². The first kappa shape index (κ1) is 24.7. The highest BCUT2D eigenvalue weighted by Gasteiger charge is 2.39. The molecule has 0 radical (unpaired) electrons. The number of halogens is 1. The maximum absolute atomic E-state index is 13.1. The second-order valence-electron chi connectivity index (χ2n) is 8.85. The molecule has 0 saturated carbocycles. The lowest BCUT2D eigenvalue weighted by Crippen LogP contribution is -2.25. The van der Waals surface area contributed by atoms with Crippen LogP contribution in [-0.4, -0.2) is 40.1 Å². The first-order valence-electron chi connectivity index (χ1n) is 11.8. The number of hydrogen-bond acceptors (Lipinski definition) is 6. The molecule has 0 spiro atoms. The van der Waals surface area contributed by atoms with Crippen LogP contribution in [0.4, 0.5) is 10.1 Å². The van der Waals surface area contributed by atoms with Gasteiger partial charge in [0.1, 0.15) is 16.8 Å². The van der Waals surface area contributed by atoms with Crippen molar-refractivity contribution in [3.63, 3.8) is 0 Å². The number of anilines is 1. The first-order chi connectivity index (χ1) is 17.9. The maximum Gasteiger partial charge on any atom is 0.262 e. The zero-order valence-electron chi connectivity index (χ0n) is 20.3. The number of hydrazone groups is 1. The molecule has 2 unspecified atom stereocenters. The monoisotopic (exact) mass is 516 g/mol. The van der Waals surface area contributed by atoms with Crippen LogP contribution in [0, 0.1) is 12.7 Å². The largest absolute Gasteiger partial charge is 0.497 e. The molecule has 2 aliphatic rings. The molecule has 2 heterocycles. The topological polar surface area (TPSA) is 83.4 Å². The number of rotatable bonds is 6. The Morgan fingerprint density at radius 1 is 1.08 bits per heavy atom. The average Bonchev–Trinajstić information content (AvgIpc) is 3.50. The molecule has 2 atom stereocenters. The zero-order valence-corrected chi connectivity index (χ0v) is 21.2. The van der Waals surface area contributed by atoms with Crippen molar-refractivity contribution in [3.05, 3.63) is 95.3 Å². The predicted octanol–water partition coefficient (Wildman–Crippen LogP) is 5.32. The van der Waals surface area contributed by atoms with E-state index >= 15 is 0 Å². The quantitative estimate of drug-likeness (QED) is 0.480. The number of thioether (sulfide) groups is 1. The van der Waals surface area contributed by atoms with Crippen molar-refractivity contribution in [2.75, 3.05) is 12.4 Å². The standard InChI is InChI=1S/C28H25FN4O3S/c1-17-3-5-19(6-4-17)24-15-23(18-7-13-22(36-2)14-8-18)32-33(24)28-31-27(35)25(37-28)16-26(34)30-21-11-9-20(29)10-12-21/h3-14,24-25H,15-16H2,1-2H3,(H,30,34). The van der Waals surface area contributed by atoms with Crippen molar-refractivity contribution in [2.24, 2.45) is 10.1 Å². The number of amides is 2. The smallest absolute Gasteiger partial charge is 0.262 e.